The van der Waals surface area contributed by atoms with E-state index < -0.39 is 10.0 Å². The predicted molar refractivity (Wildman–Crippen MR) is 109 cm³/mol. The monoisotopic (exact) mass is 435 g/mol. The highest BCUT2D eigenvalue weighted by atomic mass is 35.5. The molecular formula is C18H27Cl2N3O3S. The molecule has 1 atom stereocenters. The van der Waals surface area contributed by atoms with Crippen molar-refractivity contribution in [1.82, 2.24) is 14.5 Å². The smallest absolute Gasteiger partial charge is 0.317 e. The number of benzene rings is 1. The Kier molecular flexibility index (Phi) is 8.21. The Morgan fingerprint density at radius 3 is 2.48 bits per heavy atom. The maximum Gasteiger partial charge on any atom is 0.317 e. The van der Waals surface area contributed by atoms with Gasteiger partial charge in [0, 0.05) is 32.2 Å². The predicted octanol–water partition coefficient (Wildman–Crippen LogP) is 3.98. The number of rotatable bonds is 7. The lowest BCUT2D eigenvalue weighted by atomic mass is 10.1. The lowest BCUT2D eigenvalue weighted by Gasteiger charge is -2.34. The molecule has 1 aliphatic heterocycles. The molecule has 27 heavy (non-hydrogen) atoms. The standard InChI is InChI=1S/C18H27Cl2N3O3S/c1-3-4-5-7-14(2)21-18(24)22-10-12-23(13-11-22)27(25,26)16-9-6-8-15(19)17(16)20/h6,8-9,14H,3-5,7,10-13H2,1-2H3,(H,21,24). The van der Waals surface area contributed by atoms with E-state index in [2.05, 4.69) is 12.2 Å². The summed E-state index contributed by atoms with van der Waals surface area (Å²) in [6, 6.07) is 4.52. The van der Waals surface area contributed by atoms with E-state index in [1.807, 2.05) is 6.92 Å². The quantitative estimate of drug-likeness (QED) is 0.658. The van der Waals surface area contributed by atoms with Gasteiger partial charge in [0.2, 0.25) is 10.0 Å². The summed E-state index contributed by atoms with van der Waals surface area (Å²) in [5, 5.41) is 3.22. The number of hydrogen-bond donors (Lipinski definition) is 1. The van der Waals surface area contributed by atoms with Gasteiger partial charge in [-0.2, -0.15) is 4.31 Å². The number of unbranched alkanes of at least 4 members (excludes halogenated alkanes) is 2. The van der Waals surface area contributed by atoms with Crippen molar-refractivity contribution in [3.8, 4) is 0 Å². The summed E-state index contributed by atoms with van der Waals surface area (Å²) in [5.74, 6) is 0. The van der Waals surface area contributed by atoms with Crippen LogP contribution in [-0.2, 0) is 10.0 Å². The zero-order valence-electron chi connectivity index (χ0n) is 15.7. The molecule has 6 nitrogen and oxygen atoms in total. The van der Waals surface area contributed by atoms with E-state index in [-0.39, 0.29) is 40.1 Å². The molecule has 0 saturated carbocycles. The molecule has 2 amide bonds. The van der Waals surface area contributed by atoms with Crippen LogP contribution in [0, 0.1) is 0 Å². The van der Waals surface area contributed by atoms with Crippen LogP contribution in [0.4, 0.5) is 4.79 Å². The Balaban J connectivity index is 1.92. The van der Waals surface area contributed by atoms with Gasteiger partial charge < -0.3 is 10.2 Å². The van der Waals surface area contributed by atoms with Gasteiger partial charge >= 0.3 is 6.03 Å². The van der Waals surface area contributed by atoms with Crippen LogP contribution in [0.3, 0.4) is 0 Å². The maximum atomic E-state index is 12.8. The van der Waals surface area contributed by atoms with Crippen LogP contribution >= 0.6 is 23.2 Å². The first-order chi connectivity index (χ1) is 12.8. The van der Waals surface area contributed by atoms with E-state index in [9.17, 15) is 13.2 Å². The number of carbonyl (C=O) groups is 1. The van der Waals surface area contributed by atoms with Gasteiger partial charge in [0.05, 0.1) is 10.0 Å². The average Bonchev–Trinajstić information content (AvgIpc) is 2.64. The van der Waals surface area contributed by atoms with Crippen molar-refractivity contribution in [2.45, 2.75) is 50.5 Å². The first-order valence-electron chi connectivity index (χ1n) is 9.27. The number of halogens is 2. The maximum absolute atomic E-state index is 12.8. The summed E-state index contributed by atoms with van der Waals surface area (Å²) < 4.78 is 27.0. The van der Waals surface area contributed by atoms with Gasteiger partial charge in [0.15, 0.2) is 0 Å². The number of nitrogens with one attached hydrogen (secondary N) is 1. The number of hydrogen-bond acceptors (Lipinski definition) is 3. The van der Waals surface area contributed by atoms with Gasteiger partial charge in [-0.1, -0.05) is 55.5 Å². The molecule has 1 unspecified atom stereocenters. The molecule has 1 aromatic carbocycles. The summed E-state index contributed by atoms with van der Waals surface area (Å²) >= 11 is 12.0. The fourth-order valence-electron chi connectivity index (χ4n) is 3.03. The van der Waals surface area contributed by atoms with Crippen molar-refractivity contribution in [2.75, 3.05) is 26.2 Å². The SMILES string of the molecule is CCCCCC(C)NC(=O)N1CCN(S(=O)(=O)c2cccc(Cl)c2Cl)CC1. The average molecular weight is 436 g/mol. The van der Waals surface area contributed by atoms with E-state index >= 15 is 0 Å². The van der Waals surface area contributed by atoms with Crippen LogP contribution < -0.4 is 5.32 Å². The van der Waals surface area contributed by atoms with E-state index in [1.165, 1.54) is 10.4 Å². The minimum atomic E-state index is -3.74. The molecule has 0 aliphatic carbocycles. The van der Waals surface area contributed by atoms with Crippen LogP contribution in [0.15, 0.2) is 23.1 Å². The van der Waals surface area contributed by atoms with Crippen LogP contribution in [0.25, 0.3) is 0 Å². The van der Waals surface area contributed by atoms with Gasteiger partial charge in [-0.25, -0.2) is 13.2 Å². The van der Waals surface area contributed by atoms with E-state index in [4.69, 9.17) is 23.2 Å². The number of nitrogens with zero attached hydrogens (tertiary/aromatic N) is 2. The molecule has 1 fully saturated rings. The highest BCUT2D eigenvalue weighted by molar-refractivity contribution is 7.89. The normalized spacial score (nSPS) is 17.0. The van der Waals surface area contributed by atoms with Gasteiger partial charge in [-0.05, 0) is 25.5 Å². The number of sulfonamides is 1. The molecule has 1 aliphatic rings. The molecule has 1 saturated heterocycles. The minimum absolute atomic E-state index is 0.000820. The highest BCUT2D eigenvalue weighted by Crippen LogP contribution is 2.31. The van der Waals surface area contributed by atoms with Crippen molar-refractivity contribution in [3.63, 3.8) is 0 Å². The molecule has 1 N–H and O–H groups in total. The van der Waals surface area contributed by atoms with Gasteiger partial charge in [0.1, 0.15) is 4.90 Å². The number of piperazine rings is 1. The summed E-state index contributed by atoms with van der Waals surface area (Å²) in [7, 11) is -3.74. The largest absolute Gasteiger partial charge is 0.336 e. The van der Waals surface area contributed by atoms with Crippen molar-refractivity contribution >= 4 is 39.3 Å². The summed E-state index contributed by atoms with van der Waals surface area (Å²) in [6.07, 6.45) is 4.34. The Bertz CT molecular complexity index is 750. The molecule has 152 valence electrons. The molecule has 0 aromatic heterocycles. The van der Waals surface area contributed by atoms with Gasteiger partial charge in [-0.15, -0.1) is 0 Å². The van der Waals surface area contributed by atoms with E-state index in [0.29, 0.717) is 13.1 Å². The zero-order valence-corrected chi connectivity index (χ0v) is 18.1. The zero-order chi connectivity index (χ0) is 20.0. The highest BCUT2D eigenvalue weighted by Gasteiger charge is 2.32. The Hall–Kier alpha value is -1.02. The molecule has 1 aromatic rings. The Morgan fingerprint density at radius 1 is 1.19 bits per heavy atom. The molecule has 0 bridgehead atoms. The second kappa shape index (κ2) is 9.96. The lowest BCUT2D eigenvalue weighted by Crippen LogP contribution is -2.54. The Labute approximate surface area is 171 Å². The fraction of sp³-hybridized carbons (Fsp3) is 0.611. The molecular weight excluding hydrogens is 409 g/mol. The summed E-state index contributed by atoms with van der Waals surface area (Å²) in [5.41, 5.74) is 0. The van der Waals surface area contributed by atoms with Crippen LogP contribution in [0.2, 0.25) is 10.0 Å². The van der Waals surface area contributed by atoms with Crippen LogP contribution in [0.5, 0.6) is 0 Å². The first-order valence-corrected chi connectivity index (χ1v) is 11.5. The molecule has 9 heteroatoms. The van der Waals surface area contributed by atoms with Crippen molar-refractivity contribution in [3.05, 3.63) is 28.2 Å². The molecule has 0 spiro atoms. The molecule has 0 radical (unpaired) electrons. The van der Waals surface area contributed by atoms with Gasteiger partial charge in [0.25, 0.3) is 0 Å². The second-order valence-corrected chi connectivity index (χ2v) is 9.48. The number of amides is 2. The van der Waals surface area contributed by atoms with E-state index in [0.717, 1.165) is 25.7 Å². The lowest BCUT2D eigenvalue weighted by molar-refractivity contribution is 0.169. The third kappa shape index (κ3) is 5.73. The summed E-state index contributed by atoms with van der Waals surface area (Å²) in [4.78, 5) is 14.0. The Morgan fingerprint density at radius 2 is 1.85 bits per heavy atom. The van der Waals surface area contributed by atoms with Crippen molar-refractivity contribution in [2.24, 2.45) is 0 Å². The number of carbonyl (C=O) groups excluding carboxylic acids is 1. The van der Waals surface area contributed by atoms with Crippen molar-refractivity contribution in [1.29, 1.82) is 0 Å². The third-order valence-corrected chi connectivity index (χ3v) is 7.54. The van der Waals surface area contributed by atoms with E-state index in [1.54, 1.807) is 17.0 Å². The first kappa shape index (κ1) is 22.3. The third-order valence-electron chi connectivity index (χ3n) is 4.67. The van der Waals surface area contributed by atoms with Crippen LogP contribution in [0.1, 0.15) is 39.5 Å². The fourth-order valence-corrected chi connectivity index (χ4v) is 5.19. The molecule has 1 heterocycles. The molecule has 2 rings (SSSR count). The van der Waals surface area contributed by atoms with Gasteiger partial charge in [-0.3, -0.25) is 0 Å². The number of urea groups is 1. The topological polar surface area (TPSA) is 69.7 Å². The summed E-state index contributed by atoms with van der Waals surface area (Å²) in [6.45, 7) is 5.27. The van der Waals surface area contributed by atoms with Crippen molar-refractivity contribution < 1.29 is 13.2 Å². The van der Waals surface area contributed by atoms with Crippen LogP contribution in [-0.4, -0.2) is 55.9 Å². The minimum Gasteiger partial charge on any atom is -0.336 e. The second-order valence-electron chi connectivity index (χ2n) is 6.79.